The van der Waals surface area contributed by atoms with Crippen LogP contribution in [0.1, 0.15) is 31.9 Å². The predicted octanol–water partition coefficient (Wildman–Crippen LogP) is 7.93. The van der Waals surface area contributed by atoms with Gasteiger partial charge in [0.15, 0.2) is 6.20 Å². The van der Waals surface area contributed by atoms with Gasteiger partial charge in [-0.05, 0) is 47.4 Å². The zero-order valence-electron chi connectivity index (χ0n) is 19.8. The van der Waals surface area contributed by atoms with Crippen molar-refractivity contribution < 1.29 is 4.57 Å². The predicted molar refractivity (Wildman–Crippen MR) is 143 cm³/mol. The van der Waals surface area contributed by atoms with Gasteiger partial charge in [-0.2, -0.15) is 0 Å². The fourth-order valence-corrected chi connectivity index (χ4v) is 7.15. The van der Waals surface area contributed by atoms with Crippen molar-refractivity contribution in [3.63, 3.8) is 0 Å². The van der Waals surface area contributed by atoms with Crippen LogP contribution in [0.2, 0.25) is 0 Å². The van der Waals surface area contributed by atoms with Gasteiger partial charge in [-0.15, -0.1) is 11.3 Å². The van der Waals surface area contributed by atoms with Crippen LogP contribution < -0.4 is 4.57 Å². The summed E-state index contributed by atoms with van der Waals surface area (Å²) in [4.78, 5) is 0. The molecule has 0 amide bonds. The highest BCUT2D eigenvalue weighted by Gasteiger charge is 2.26. The molecule has 3 heteroatoms. The molecule has 0 radical (unpaired) electrons. The Labute approximate surface area is 197 Å². The van der Waals surface area contributed by atoms with Crippen LogP contribution in [0.5, 0.6) is 0 Å². The van der Waals surface area contributed by atoms with E-state index >= 15 is 0 Å². The Hall–Kier alpha value is -3.17. The average Bonchev–Trinajstić information content (AvgIpc) is 3.29. The number of hydrogen-bond acceptors (Lipinski definition) is 1. The summed E-state index contributed by atoms with van der Waals surface area (Å²) in [6.45, 7) is 9.26. The number of rotatable bonds is 1. The smallest absolute Gasteiger partial charge is 0.224 e. The molecule has 0 unspecified atom stereocenters. The third kappa shape index (κ3) is 2.46. The Morgan fingerprint density at radius 3 is 2.48 bits per heavy atom. The first-order valence-corrected chi connectivity index (χ1v) is 12.6. The van der Waals surface area contributed by atoms with Gasteiger partial charge >= 0.3 is 0 Å². The van der Waals surface area contributed by atoms with E-state index in [1.54, 1.807) is 0 Å². The standard InChI is InChI=1S/C30H27N2S/c1-17-10-12-21-26-24(17)28-25-19(14-15-31(28)5)18(16-30(2,3)4)11-13-22(25)32(26)27-20-8-6-7-9-23(20)33-29(21)27/h6-15H,16H2,1-5H3/q+1. The van der Waals surface area contributed by atoms with Crippen LogP contribution >= 0.6 is 11.3 Å². The highest BCUT2D eigenvalue weighted by molar-refractivity contribution is 7.26. The maximum absolute atomic E-state index is 2.57. The highest BCUT2D eigenvalue weighted by Crippen LogP contribution is 2.46. The summed E-state index contributed by atoms with van der Waals surface area (Å²) in [6, 6.07) is 20.6. The summed E-state index contributed by atoms with van der Waals surface area (Å²) in [7, 11) is 2.20. The van der Waals surface area contributed by atoms with Gasteiger partial charge in [0.25, 0.3) is 0 Å². The molecule has 0 aliphatic heterocycles. The van der Waals surface area contributed by atoms with E-state index in [0.717, 1.165) is 6.42 Å². The van der Waals surface area contributed by atoms with E-state index in [0.29, 0.717) is 0 Å². The fourth-order valence-electron chi connectivity index (χ4n) is 5.94. The third-order valence-corrected chi connectivity index (χ3v) is 8.41. The Morgan fingerprint density at radius 1 is 0.848 bits per heavy atom. The lowest BCUT2D eigenvalue weighted by Crippen LogP contribution is -2.29. The molecule has 162 valence electrons. The third-order valence-electron chi connectivity index (χ3n) is 7.21. The van der Waals surface area contributed by atoms with Crippen LogP contribution in [-0.2, 0) is 13.5 Å². The van der Waals surface area contributed by atoms with Crippen molar-refractivity contribution in [3.8, 4) is 0 Å². The summed E-state index contributed by atoms with van der Waals surface area (Å²) < 4.78 is 7.66. The van der Waals surface area contributed by atoms with Gasteiger partial charge in [0.1, 0.15) is 7.05 Å². The van der Waals surface area contributed by atoms with Crippen LogP contribution in [0.3, 0.4) is 0 Å². The Morgan fingerprint density at radius 2 is 1.67 bits per heavy atom. The molecule has 0 bridgehead atoms. The number of thiophene rings is 1. The molecule has 33 heavy (non-hydrogen) atoms. The SMILES string of the molecule is Cc1ccc2c3sc4ccccc4c3n3c4ccc(CC(C)(C)C)c5cc[n+](C)c(c1c23)c54. The van der Waals surface area contributed by atoms with Crippen LogP contribution in [0.15, 0.2) is 60.8 Å². The molecule has 0 saturated heterocycles. The zero-order valence-corrected chi connectivity index (χ0v) is 20.6. The Balaban J connectivity index is 1.84. The first-order chi connectivity index (χ1) is 15.8. The second-order valence-corrected chi connectivity index (χ2v) is 11.9. The normalized spacial score (nSPS) is 13.1. The van der Waals surface area contributed by atoms with Crippen molar-refractivity contribution in [2.45, 2.75) is 34.1 Å². The molecule has 2 nitrogen and oxygen atoms in total. The molecule has 0 fully saturated rings. The van der Waals surface area contributed by atoms with Gasteiger partial charge < -0.3 is 4.40 Å². The number of aromatic nitrogens is 2. The molecular formula is C30H27N2S+. The van der Waals surface area contributed by atoms with E-state index in [9.17, 15) is 0 Å². The number of hydrogen-bond donors (Lipinski definition) is 0. The lowest BCUT2D eigenvalue weighted by Gasteiger charge is -2.20. The van der Waals surface area contributed by atoms with Crippen LogP contribution in [0.25, 0.3) is 58.4 Å². The summed E-state index contributed by atoms with van der Waals surface area (Å²) in [5.74, 6) is 0. The molecule has 0 spiro atoms. The van der Waals surface area contributed by atoms with Crippen molar-refractivity contribution in [1.29, 1.82) is 0 Å². The molecule has 3 aromatic carbocycles. The molecule has 0 saturated carbocycles. The fraction of sp³-hybridized carbons (Fsp3) is 0.233. The maximum Gasteiger partial charge on any atom is 0.224 e. The summed E-state index contributed by atoms with van der Waals surface area (Å²) in [6.07, 6.45) is 3.32. The minimum absolute atomic E-state index is 0.238. The number of aryl methyl sites for hydroxylation is 2. The van der Waals surface area contributed by atoms with Crippen molar-refractivity contribution in [3.05, 3.63) is 71.9 Å². The van der Waals surface area contributed by atoms with Crippen LogP contribution in [0, 0.1) is 12.3 Å². The van der Waals surface area contributed by atoms with E-state index in [4.69, 9.17) is 0 Å². The first-order valence-electron chi connectivity index (χ1n) is 11.7. The van der Waals surface area contributed by atoms with Gasteiger partial charge in [-0.1, -0.05) is 57.2 Å². The number of fused-ring (bicyclic) bond motifs is 7. The van der Waals surface area contributed by atoms with Crippen molar-refractivity contribution in [2.75, 3.05) is 0 Å². The van der Waals surface area contributed by atoms with Gasteiger partial charge in [0, 0.05) is 21.5 Å². The largest absolute Gasteiger partial charge is 0.306 e. The van der Waals surface area contributed by atoms with Crippen LogP contribution in [-0.4, -0.2) is 4.40 Å². The van der Waals surface area contributed by atoms with E-state index < -0.39 is 0 Å². The van der Waals surface area contributed by atoms with Gasteiger partial charge in [-0.25, -0.2) is 4.57 Å². The summed E-state index contributed by atoms with van der Waals surface area (Å²) in [5.41, 5.74) is 8.41. The average molecular weight is 448 g/mol. The van der Waals surface area contributed by atoms with Crippen LogP contribution in [0.4, 0.5) is 0 Å². The summed E-state index contributed by atoms with van der Waals surface area (Å²) in [5, 5.41) is 6.88. The molecule has 0 aliphatic carbocycles. The topological polar surface area (TPSA) is 8.29 Å². The van der Waals surface area contributed by atoms with E-state index in [2.05, 4.69) is 105 Å². The highest BCUT2D eigenvalue weighted by atomic mass is 32.1. The molecule has 0 N–H and O–H groups in total. The molecule has 4 heterocycles. The second-order valence-electron chi connectivity index (χ2n) is 10.8. The molecule has 0 aliphatic rings. The number of benzene rings is 3. The molecule has 7 rings (SSSR count). The van der Waals surface area contributed by atoms with E-state index in [-0.39, 0.29) is 5.41 Å². The van der Waals surface area contributed by atoms with Crippen molar-refractivity contribution in [1.82, 2.24) is 4.40 Å². The first kappa shape index (κ1) is 19.3. The maximum atomic E-state index is 2.57. The lowest BCUT2D eigenvalue weighted by molar-refractivity contribution is -0.643. The van der Waals surface area contributed by atoms with E-state index in [1.807, 2.05) is 11.3 Å². The quantitative estimate of drug-likeness (QED) is 0.137. The van der Waals surface area contributed by atoms with Gasteiger partial charge in [-0.3, -0.25) is 0 Å². The molecule has 4 aromatic heterocycles. The minimum Gasteiger partial charge on any atom is -0.306 e. The molecule has 0 atom stereocenters. The Bertz CT molecular complexity index is 1890. The second kappa shape index (κ2) is 6.24. The number of pyridine rings is 2. The number of nitrogens with zero attached hydrogens (tertiary/aromatic N) is 2. The minimum atomic E-state index is 0.238. The Kier molecular flexibility index (Phi) is 3.65. The van der Waals surface area contributed by atoms with Crippen molar-refractivity contribution in [2.24, 2.45) is 12.5 Å². The molecule has 7 aromatic rings. The lowest BCUT2D eigenvalue weighted by atomic mass is 9.85. The van der Waals surface area contributed by atoms with Gasteiger partial charge in [0.2, 0.25) is 5.52 Å². The van der Waals surface area contributed by atoms with E-state index in [1.165, 1.54) is 69.5 Å². The van der Waals surface area contributed by atoms with Gasteiger partial charge in [0.05, 0.1) is 32.0 Å². The zero-order chi connectivity index (χ0) is 22.6. The monoisotopic (exact) mass is 447 g/mol. The van der Waals surface area contributed by atoms with Crippen molar-refractivity contribution >= 4 is 69.7 Å². The summed E-state index contributed by atoms with van der Waals surface area (Å²) >= 11 is 1.93. The molecular weight excluding hydrogens is 420 g/mol.